The van der Waals surface area contributed by atoms with Crippen molar-refractivity contribution in [1.29, 1.82) is 0 Å². The Morgan fingerprint density at radius 3 is 2.80 bits per heavy atom. The number of rotatable bonds is 5. The van der Waals surface area contributed by atoms with Crippen molar-refractivity contribution in [3.8, 4) is 0 Å². The third-order valence-electron chi connectivity index (χ3n) is 3.42. The number of benzene rings is 1. The van der Waals surface area contributed by atoms with Gasteiger partial charge in [-0.15, -0.1) is 11.6 Å². The monoisotopic (exact) mass is 361 g/mol. The van der Waals surface area contributed by atoms with Crippen LogP contribution in [0, 0.1) is 5.82 Å². The number of aromatic nitrogens is 2. The number of fused-ring (bicyclic) bond motifs is 1. The lowest BCUT2D eigenvalue weighted by atomic mass is 10.3. The van der Waals surface area contributed by atoms with E-state index in [1.54, 1.807) is 6.07 Å². The van der Waals surface area contributed by atoms with Crippen molar-refractivity contribution in [2.45, 2.75) is 25.8 Å². The van der Waals surface area contributed by atoms with Gasteiger partial charge in [-0.2, -0.15) is 0 Å². The number of nitrogens with zero attached hydrogens (tertiary/aromatic N) is 3. The largest absolute Gasteiger partial charge is 0.325 e. The molecule has 110 valence electrons. The predicted octanol–water partition coefficient (Wildman–Crippen LogP) is 4.19. The lowest BCUT2D eigenvalue weighted by Crippen LogP contribution is -2.23. The Balaban J connectivity index is 2.47. The quantitative estimate of drug-likeness (QED) is 0.744. The van der Waals surface area contributed by atoms with E-state index in [4.69, 9.17) is 11.6 Å². The summed E-state index contributed by atoms with van der Waals surface area (Å²) < 4.78 is 16.1. The van der Waals surface area contributed by atoms with Crippen molar-refractivity contribution in [2.75, 3.05) is 20.1 Å². The molecule has 1 atom stereocenters. The topological polar surface area (TPSA) is 21.1 Å². The van der Waals surface area contributed by atoms with Gasteiger partial charge < -0.3 is 9.47 Å². The highest BCUT2D eigenvalue weighted by atomic mass is 79.9. The molecular formula is C14H18BrClFN3. The van der Waals surface area contributed by atoms with Crippen LogP contribution in [0.3, 0.4) is 0 Å². The zero-order chi connectivity index (χ0) is 14.9. The highest BCUT2D eigenvalue weighted by molar-refractivity contribution is 9.10. The van der Waals surface area contributed by atoms with E-state index in [1.807, 2.05) is 6.92 Å². The third kappa shape index (κ3) is 3.15. The molecule has 0 aliphatic heterocycles. The van der Waals surface area contributed by atoms with Crippen molar-refractivity contribution in [2.24, 2.45) is 0 Å². The summed E-state index contributed by atoms with van der Waals surface area (Å²) in [6.45, 7) is 6.66. The minimum atomic E-state index is -0.304. The molecule has 1 aromatic heterocycles. The van der Waals surface area contributed by atoms with Crippen LogP contribution in [0.2, 0.25) is 0 Å². The molecule has 6 heteroatoms. The highest BCUT2D eigenvalue weighted by Crippen LogP contribution is 2.28. The maximum absolute atomic E-state index is 13.6. The van der Waals surface area contributed by atoms with E-state index in [1.165, 1.54) is 6.07 Å². The predicted molar refractivity (Wildman–Crippen MR) is 84.8 cm³/mol. The molecule has 0 spiro atoms. The average Bonchev–Trinajstić information content (AvgIpc) is 2.74. The molecule has 20 heavy (non-hydrogen) atoms. The van der Waals surface area contributed by atoms with E-state index in [0.29, 0.717) is 9.99 Å². The van der Waals surface area contributed by atoms with Crippen LogP contribution in [-0.2, 0) is 6.54 Å². The molecule has 0 radical (unpaired) electrons. The smallest absolute Gasteiger partial charge is 0.139 e. The Labute approximate surface area is 131 Å². The highest BCUT2D eigenvalue weighted by Gasteiger charge is 2.16. The lowest BCUT2D eigenvalue weighted by Gasteiger charge is -2.16. The van der Waals surface area contributed by atoms with E-state index in [9.17, 15) is 4.39 Å². The van der Waals surface area contributed by atoms with Crippen LogP contribution in [0.25, 0.3) is 11.0 Å². The molecule has 0 bridgehead atoms. The van der Waals surface area contributed by atoms with Crippen LogP contribution in [0.4, 0.5) is 4.39 Å². The summed E-state index contributed by atoms with van der Waals surface area (Å²) in [7, 11) is 2.07. The number of hydrogen-bond donors (Lipinski definition) is 0. The Hall–Kier alpha value is -0.650. The molecule has 0 aliphatic rings. The summed E-state index contributed by atoms with van der Waals surface area (Å²) in [6, 6.07) is 3.22. The molecule has 1 unspecified atom stereocenters. The number of hydrogen-bond acceptors (Lipinski definition) is 2. The molecular weight excluding hydrogens is 345 g/mol. The van der Waals surface area contributed by atoms with Gasteiger partial charge in [0.1, 0.15) is 11.6 Å². The molecule has 0 saturated carbocycles. The second-order valence-electron chi connectivity index (χ2n) is 4.89. The molecule has 0 amide bonds. The molecule has 0 fully saturated rings. The second-order valence-corrected chi connectivity index (χ2v) is 6.40. The fourth-order valence-electron chi connectivity index (χ4n) is 2.11. The maximum atomic E-state index is 13.6. The van der Waals surface area contributed by atoms with Gasteiger partial charge in [0.15, 0.2) is 0 Å². The van der Waals surface area contributed by atoms with Crippen LogP contribution in [-0.4, -0.2) is 34.6 Å². The first kappa shape index (κ1) is 15.7. The van der Waals surface area contributed by atoms with Gasteiger partial charge in [-0.25, -0.2) is 9.37 Å². The average molecular weight is 363 g/mol. The normalized spacial score (nSPS) is 13.3. The summed E-state index contributed by atoms with van der Waals surface area (Å²) >= 11 is 9.44. The number of likely N-dealkylation sites (N-methyl/N-ethyl adjacent to an activating group) is 1. The summed E-state index contributed by atoms with van der Waals surface area (Å²) in [6.07, 6.45) is 0. The molecule has 3 nitrogen and oxygen atoms in total. The van der Waals surface area contributed by atoms with E-state index in [-0.39, 0.29) is 11.2 Å². The third-order valence-corrected chi connectivity index (χ3v) is 4.22. The van der Waals surface area contributed by atoms with E-state index >= 15 is 0 Å². The van der Waals surface area contributed by atoms with Crippen LogP contribution >= 0.6 is 27.5 Å². The first-order valence-electron chi connectivity index (χ1n) is 6.61. The fourth-order valence-corrected chi connectivity index (χ4v) is 2.60. The van der Waals surface area contributed by atoms with Crippen molar-refractivity contribution in [3.63, 3.8) is 0 Å². The summed E-state index contributed by atoms with van der Waals surface area (Å²) in [5.74, 6) is 0.477. The van der Waals surface area contributed by atoms with Crippen LogP contribution < -0.4 is 0 Å². The minimum absolute atomic E-state index is 0.212. The van der Waals surface area contributed by atoms with Crippen LogP contribution in [0.5, 0.6) is 0 Å². The number of halogens is 3. The number of imidazole rings is 1. The van der Waals surface area contributed by atoms with Crippen molar-refractivity contribution in [1.82, 2.24) is 14.5 Å². The van der Waals surface area contributed by atoms with Gasteiger partial charge in [0.05, 0.1) is 20.9 Å². The zero-order valence-electron chi connectivity index (χ0n) is 11.8. The Morgan fingerprint density at radius 1 is 1.50 bits per heavy atom. The minimum Gasteiger partial charge on any atom is -0.325 e. The Bertz CT molecular complexity index is 612. The molecule has 2 aromatic rings. The maximum Gasteiger partial charge on any atom is 0.139 e. The zero-order valence-corrected chi connectivity index (χ0v) is 14.2. The van der Waals surface area contributed by atoms with Gasteiger partial charge in [-0.3, -0.25) is 0 Å². The van der Waals surface area contributed by atoms with Crippen LogP contribution in [0.1, 0.15) is 25.0 Å². The van der Waals surface area contributed by atoms with Gasteiger partial charge in [0, 0.05) is 19.2 Å². The van der Waals surface area contributed by atoms with Crippen molar-refractivity contribution >= 4 is 38.6 Å². The Morgan fingerprint density at radius 2 is 2.20 bits per heavy atom. The summed E-state index contributed by atoms with van der Waals surface area (Å²) in [4.78, 5) is 6.68. The van der Waals surface area contributed by atoms with Crippen molar-refractivity contribution in [3.05, 3.63) is 28.2 Å². The molecule has 0 N–H and O–H groups in total. The van der Waals surface area contributed by atoms with Gasteiger partial charge in [-0.05, 0) is 42.5 Å². The Kier molecular flexibility index (Phi) is 5.04. The van der Waals surface area contributed by atoms with Crippen LogP contribution in [0.15, 0.2) is 16.6 Å². The molecule has 2 rings (SSSR count). The van der Waals surface area contributed by atoms with E-state index < -0.39 is 0 Å². The number of alkyl halides is 1. The lowest BCUT2D eigenvalue weighted by molar-refractivity contribution is 0.335. The fraction of sp³-hybridized carbons (Fsp3) is 0.500. The van der Waals surface area contributed by atoms with E-state index in [2.05, 4.69) is 44.4 Å². The molecule has 0 saturated heterocycles. The SMILES string of the molecule is CCN(C)CCn1c(C(C)Cl)nc2cc(F)c(Br)cc21. The molecule has 1 aromatic carbocycles. The first-order valence-corrected chi connectivity index (χ1v) is 7.84. The van der Waals surface area contributed by atoms with Crippen molar-refractivity contribution < 1.29 is 4.39 Å². The first-order chi connectivity index (χ1) is 9.43. The summed E-state index contributed by atoms with van der Waals surface area (Å²) in [5, 5.41) is -0.212. The van der Waals surface area contributed by atoms with Gasteiger partial charge >= 0.3 is 0 Å². The van der Waals surface area contributed by atoms with Gasteiger partial charge in [0.2, 0.25) is 0 Å². The molecule has 0 aliphatic carbocycles. The molecule has 1 heterocycles. The summed E-state index contributed by atoms with van der Waals surface area (Å²) in [5.41, 5.74) is 1.55. The van der Waals surface area contributed by atoms with Gasteiger partial charge in [-0.1, -0.05) is 6.92 Å². The second kappa shape index (κ2) is 6.41. The standard InChI is InChI=1S/C14H18BrClFN3/c1-4-19(3)5-6-20-13-7-10(15)11(17)8-12(13)18-14(20)9(2)16/h7-9H,4-6H2,1-3H3. The van der Waals surface area contributed by atoms with Gasteiger partial charge in [0.25, 0.3) is 0 Å². The van der Waals surface area contributed by atoms with E-state index in [0.717, 1.165) is 31.0 Å².